The van der Waals surface area contributed by atoms with Crippen molar-refractivity contribution in [3.63, 3.8) is 0 Å². The van der Waals surface area contributed by atoms with Crippen LogP contribution in [0.1, 0.15) is 18.4 Å². The van der Waals surface area contributed by atoms with Crippen molar-refractivity contribution in [2.24, 2.45) is 0 Å². The second-order valence-corrected chi connectivity index (χ2v) is 7.36. The standard InChI is InChI=1S/C22H22FN3O3/c23-19-9-5-4-6-16(19)14-20(27)24-12-10-17(11-13-24)25-15-21(28)26(22(25)29)18-7-2-1-3-8-18/h1-9,17H,10-15H2. The van der Waals surface area contributed by atoms with Crippen LogP contribution in [0.5, 0.6) is 0 Å². The molecule has 0 unspecified atom stereocenters. The van der Waals surface area contributed by atoms with Crippen molar-refractivity contribution < 1.29 is 18.8 Å². The summed E-state index contributed by atoms with van der Waals surface area (Å²) in [5, 5.41) is 0. The molecule has 0 atom stereocenters. The first-order valence-electron chi connectivity index (χ1n) is 9.74. The molecule has 2 aromatic rings. The van der Waals surface area contributed by atoms with Gasteiger partial charge in [0.1, 0.15) is 12.4 Å². The van der Waals surface area contributed by atoms with E-state index in [0.29, 0.717) is 37.2 Å². The van der Waals surface area contributed by atoms with Gasteiger partial charge in [-0.25, -0.2) is 14.1 Å². The molecule has 6 nitrogen and oxygen atoms in total. The quantitative estimate of drug-likeness (QED) is 0.748. The molecule has 0 bridgehead atoms. The van der Waals surface area contributed by atoms with E-state index in [4.69, 9.17) is 0 Å². The van der Waals surface area contributed by atoms with Crippen molar-refractivity contribution >= 4 is 23.5 Å². The fraction of sp³-hybridized carbons (Fsp3) is 0.318. The third kappa shape index (κ3) is 3.85. The number of piperidine rings is 1. The van der Waals surface area contributed by atoms with Crippen LogP contribution in [-0.4, -0.2) is 53.3 Å². The molecule has 29 heavy (non-hydrogen) atoms. The monoisotopic (exact) mass is 395 g/mol. The molecule has 2 fully saturated rings. The average Bonchev–Trinajstić information content (AvgIpc) is 3.04. The van der Waals surface area contributed by atoms with Gasteiger partial charge in [0.25, 0.3) is 5.91 Å². The number of rotatable bonds is 4. The Kier molecular flexibility index (Phi) is 5.29. The lowest BCUT2D eigenvalue weighted by atomic mass is 10.0. The Labute approximate surface area is 168 Å². The van der Waals surface area contributed by atoms with Crippen LogP contribution in [0.25, 0.3) is 0 Å². The van der Waals surface area contributed by atoms with Crippen molar-refractivity contribution in [3.05, 3.63) is 66.0 Å². The summed E-state index contributed by atoms with van der Waals surface area (Å²) in [6.07, 6.45) is 1.23. The predicted molar refractivity (Wildman–Crippen MR) is 106 cm³/mol. The molecule has 0 radical (unpaired) electrons. The van der Waals surface area contributed by atoms with Crippen LogP contribution < -0.4 is 4.90 Å². The van der Waals surface area contributed by atoms with E-state index in [1.54, 1.807) is 52.3 Å². The number of anilines is 1. The maximum absolute atomic E-state index is 13.8. The predicted octanol–water partition coefficient (Wildman–Crippen LogP) is 2.83. The second kappa shape index (κ2) is 8.03. The molecule has 0 aliphatic carbocycles. The molecule has 0 N–H and O–H groups in total. The van der Waals surface area contributed by atoms with Crippen LogP contribution in [0.3, 0.4) is 0 Å². The third-order valence-electron chi connectivity index (χ3n) is 5.56. The van der Waals surface area contributed by atoms with Gasteiger partial charge in [0, 0.05) is 19.1 Å². The SMILES string of the molecule is O=C(Cc1ccccc1F)N1CCC(N2CC(=O)N(c3ccccc3)C2=O)CC1. The zero-order valence-electron chi connectivity index (χ0n) is 16.0. The van der Waals surface area contributed by atoms with E-state index >= 15 is 0 Å². The van der Waals surface area contributed by atoms with Gasteiger partial charge in [-0.1, -0.05) is 36.4 Å². The van der Waals surface area contributed by atoms with E-state index in [2.05, 4.69) is 0 Å². The Bertz CT molecular complexity index is 926. The molecule has 2 aliphatic rings. The van der Waals surface area contributed by atoms with E-state index in [-0.39, 0.29) is 42.7 Å². The van der Waals surface area contributed by atoms with Crippen LogP contribution in [0.15, 0.2) is 54.6 Å². The summed E-state index contributed by atoms with van der Waals surface area (Å²) >= 11 is 0. The number of hydrogen-bond donors (Lipinski definition) is 0. The van der Waals surface area contributed by atoms with E-state index in [1.807, 2.05) is 6.07 Å². The van der Waals surface area contributed by atoms with E-state index < -0.39 is 0 Å². The molecule has 0 spiro atoms. The van der Waals surface area contributed by atoms with Crippen molar-refractivity contribution in [2.45, 2.75) is 25.3 Å². The van der Waals surface area contributed by atoms with Gasteiger partial charge < -0.3 is 9.80 Å². The minimum absolute atomic E-state index is 0.0280. The Hall–Kier alpha value is -3.22. The number of amides is 4. The number of urea groups is 1. The molecule has 4 amide bonds. The topological polar surface area (TPSA) is 60.9 Å². The molecule has 2 saturated heterocycles. The first-order valence-corrected chi connectivity index (χ1v) is 9.74. The second-order valence-electron chi connectivity index (χ2n) is 7.36. The van der Waals surface area contributed by atoms with Crippen LogP contribution in [0.2, 0.25) is 0 Å². The smallest absolute Gasteiger partial charge is 0.332 e. The van der Waals surface area contributed by atoms with E-state index in [1.165, 1.54) is 11.0 Å². The summed E-state index contributed by atoms with van der Waals surface area (Å²) in [5.74, 6) is -0.736. The van der Waals surface area contributed by atoms with Gasteiger partial charge in [0.2, 0.25) is 5.91 Å². The third-order valence-corrected chi connectivity index (χ3v) is 5.56. The van der Waals surface area contributed by atoms with Crippen molar-refractivity contribution in [3.8, 4) is 0 Å². The summed E-state index contributed by atoms with van der Waals surface area (Å²) in [5.41, 5.74) is 0.959. The number of carbonyl (C=O) groups excluding carboxylic acids is 3. The highest BCUT2D eigenvalue weighted by atomic mass is 19.1. The van der Waals surface area contributed by atoms with Gasteiger partial charge in [-0.3, -0.25) is 9.59 Å². The summed E-state index contributed by atoms with van der Waals surface area (Å²) < 4.78 is 13.8. The van der Waals surface area contributed by atoms with Crippen molar-refractivity contribution in [1.82, 2.24) is 9.80 Å². The number of imide groups is 1. The van der Waals surface area contributed by atoms with Crippen LogP contribution >= 0.6 is 0 Å². The molecular weight excluding hydrogens is 373 g/mol. The van der Waals surface area contributed by atoms with Crippen LogP contribution in [0.4, 0.5) is 14.9 Å². The van der Waals surface area contributed by atoms with Crippen LogP contribution in [-0.2, 0) is 16.0 Å². The Morgan fingerprint density at radius 1 is 0.966 bits per heavy atom. The highest BCUT2D eigenvalue weighted by molar-refractivity contribution is 6.19. The number of halogens is 1. The van der Waals surface area contributed by atoms with Crippen molar-refractivity contribution in [1.29, 1.82) is 0 Å². The minimum Gasteiger partial charge on any atom is -0.342 e. The lowest BCUT2D eigenvalue weighted by Gasteiger charge is -2.36. The molecule has 4 rings (SSSR count). The number of likely N-dealkylation sites (tertiary alicyclic amines) is 1. The molecule has 0 saturated carbocycles. The van der Waals surface area contributed by atoms with Crippen LogP contribution in [0, 0.1) is 5.82 Å². The maximum Gasteiger partial charge on any atom is 0.332 e. The Morgan fingerprint density at radius 2 is 1.62 bits per heavy atom. The number of benzene rings is 2. The van der Waals surface area contributed by atoms with Gasteiger partial charge in [0.15, 0.2) is 0 Å². The average molecular weight is 395 g/mol. The lowest BCUT2D eigenvalue weighted by molar-refractivity contribution is -0.132. The number of hydrogen-bond acceptors (Lipinski definition) is 3. The molecule has 2 aromatic carbocycles. The summed E-state index contributed by atoms with van der Waals surface area (Å²) in [6, 6.07) is 14.8. The molecule has 0 aromatic heterocycles. The summed E-state index contributed by atoms with van der Waals surface area (Å²) in [4.78, 5) is 42.3. The van der Waals surface area contributed by atoms with Crippen molar-refractivity contribution in [2.75, 3.05) is 24.5 Å². The zero-order chi connectivity index (χ0) is 20.4. The Balaban J connectivity index is 1.36. The molecule has 7 heteroatoms. The van der Waals surface area contributed by atoms with Gasteiger partial charge in [-0.05, 0) is 36.6 Å². The van der Waals surface area contributed by atoms with E-state index in [0.717, 1.165) is 0 Å². The van der Waals surface area contributed by atoms with Gasteiger partial charge >= 0.3 is 6.03 Å². The summed E-state index contributed by atoms with van der Waals surface area (Å²) in [6.45, 7) is 1.03. The van der Waals surface area contributed by atoms with Gasteiger partial charge in [-0.15, -0.1) is 0 Å². The molecule has 150 valence electrons. The normalized spacial score (nSPS) is 17.9. The fourth-order valence-corrected chi connectivity index (χ4v) is 3.98. The molecule has 2 heterocycles. The number of nitrogens with zero attached hydrogens (tertiary/aromatic N) is 3. The van der Waals surface area contributed by atoms with Gasteiger partial charge in [-0.2, -0.15) is 0 Å². The lowest BCUT2D eigenvalue weighted by Crippen LogP contribution is -2.48. The first kappa shape index (κ1) is 19.1. The highest BCUT2D eigenvalue weighted by Crippen LogP contribution is 2.26. The Morgan fingerprint density at radius 3 is 2.31 bits per heavy atom. The molecular formula is C22H22FN3O3. The zero-order valence-corrected chi connectivity index (χ0v) is 16.0. The molecule has 2 aliphatic heterocycles. The fourth-order valence-electron chi connectivity index (χ4n) is 3.98. The van der Waals surface area contributed by atoms with Gasteiger partial charge in [0.05, 0.1) is 12.1 Å². The number of carbonyl (C=O) groups is 3. The maximum atomic E-state index is 13.8. The largest absolute Gasteiger partial charge is 0.342 e. The summed E-state index contributed by atoms with van der Waals surface area (Å²) in [7, 11) is 0. The number of para-hydroxylation sites is 1. The highest BCUT2D eigenvalue weighted by Gasteiger charge is 2.41. The van der Waals surface area contributed by atoms with E-state index in [9.17, 15) is 18.8 Å². The first-order chi connectivity index (χ1) is 14.0. The minimum atomic E-state index is -0.377.